The van der Waals surface area contributed by atoms with Crippen molar-refractivity contribution in [3.8, 4) is 0 Å². The third-order valence-corrected chi connectivity index (χ3v) is 5.99. The summed E-state index contributed by atoms with van der Waals surface area (Å²) >= 11 is 0. The topological polar surface area (TPSA) is 64.0 Å². The molecule has 0 aliphatic carbocycles. The maximum Gasteiger partial charge on any atom is 0.240 e. The van der Waals surface area contributed by atoms with Gasteiger partial charge in [0.1, 0.15) is 5.65 Å². The Labute approximate surface area is 155 Å². The van der Waals surface area contributed by atoms with Crippen LogP contribution in [0.5, 0.6) is 0 Å². The Morgan fingerprint density at radius 3 is 2.58 bits per heavy atom. The van der Waals surface area contributed by atoms with Gasteiger partial charge in [-0.25, -0.2) is 18.1 Å². The molecule has 2 aromatic heterocycles. The molecule has 0 bridgehead atoms. The van der Waals surface area contributed by atoms with Crippen LogP contribution in [0.15, 0.2) is 53.7 Å². The zero-order valence-corrected chi connectivity index (χ0v) is 16.1. The molecule has 0 atom stereocenters. The second-order valence-corrected chi connectivity index (χ2v) is 8.13. The van der Waals surface area contributed by atoms with E-state index in [1.807, 2.05) is 31.2 Å². The van der Waals surface area contributed by atoms with E-state index in [1.165, 1.54) is 0 Å². The van der Waals surface area contributed by atoms with Gasteiger partial charge in [0.05, 0.1) is 4.90 Å². The van der Waals surface area contributed by atoms with E-state index >= 15 is 0 Å². The second-order valence-electron chi connectivity index (χ2n) is 6.37. The van der Waals surface area contributed by atoms with Crippen LogP contribution in [0.3, 0.4) is 0 Å². The van der Waals surface area contributed by atoms with Gasteiger partial charge in [-0.2, -0.15) is 0 Å². The first kappa shape index (κ1) is 18.6. The van der Waals surface area contributed by atoms with Crippen LogP contribution < -0.4 is 4.72 Å². The average molecular weight is 372 g/mol. The fourth-order valence-electron chi connectivity index (χ4n) is 3.11. The lowest BCUT2D eigenvalue weighted by Crippen LogP contribution is -2.26. The lowest BCUT2D eigenvalue weighted by atomic mass is 10.2. The third-order valence-electron chi connectivity index (χ3n) is 4.51. The van der Waals surface area contributed by atoms with Gasteiger partial charge in [-0.05, 0) is 54.7 Å². The van der Waals surface area contributed by atoms with Crippen LogP contribution in [-0.4, -0.2) is 24.5 Å². The van der Waals surface area contributed by atoms with Gasteiger partial charge >= 0.3 is 0 Å². The van der Waals surface area contributed by atoms with Gasteiger partial charge in [-0.1, -0.05) is 26.0 Å². The molecule has 0 spiro atoms. The Morgan fingerprint density at radius 1 is 1.12 bits per heavy atom. The molecule has 0 saturated heterocycles. The summed E-state index contributed by atoms with van der Waals surface area (Å²) in [5, 5.41) is 1.09. The van der Waals surface area contributed by atoms with Crippen molar-refractivity contribution in [2.75, 3.05) is 6.54 Å². The summed E-state index contributed by atoms with van der Waals surface area (Å²) in [5.74, 6) is 0. The smallest absolute Gasteiger partial charge is 0.240 e. The van der Waals surface area contributed by atoms with Crippen LogP contribution in [-0.2, 0) is 29.4 Å². The maximum absolute atomic E-state index is 12.5. The summed E-state index contributed by atoms with van der Waals surface area (Å²) in [7, 11) is -3.48. The standard InChI is InChI=1S/C20H25N3O2S/c1-3-14-23-15-17(19-6-5-12-21-20(19)23)11-13-22-26(24,25)18-9-7-16(4-2)8-10-18/h5-10,12,15,22H,3-4,11,13-14H2,1-2H3. The zero-order valence-electron chi connectivity index (χ0n) is 15.3. The largest absolute Gasteiger partial charge is 0.332 e. The number of rotatable bonds is 8. The summed E-state index contributed by atoms with van der Waals surface area (Å²) in [4.78, 5) is 4.78. The molecular formula is C20H25N3O2S. The van der Waals surface area contributed by atoms with E-state index in [1.54, 1.807) is 18.3 Å². The van der Waals surface area contributed by atoms with Crippen LogP contribution in [0.4, 0.5) is 0 Å². The highest BCUT2D eigenvalue weighted by molar-refractivity contribution is 7.89. The van der Waals surface area contributed by atoms with Crippen molar-refractivity contribution < 1.29 is 8.42 Å². The number of fused-ring (bicyclic) bond motifs is 1. The molecule has 2 heterocycles. The third kappa shape index (κ3) is 3.97. The number of hydrogen-bond donors (Lipinski definition) is 1. The van der Waals surface area contributed by atoms with E-state index in [4.69, 9.17) is 0 Å². The molecule has 0 fully saturated rings. The number of pyridine rings is 1. The van der Waals surface area contributed by atoms with E-state index in [2.05, 4.69) is 27.4 Å². The molecule has 0 amide bonds. The summed E-state index contributed by atoms with van der Waals surface area (Å²) in [6, 6.07) is 11.0. The van der Waals surface area contributed by atoms with Gasteiger partial charge in [0.15, 0.2) is 0 Å². The number of hydrogen-bond acceptors (Lipinski definition) is 3. The predicted molar refractivity (Wildman–Crippen MR) is 105 cm³/mol. The molecule has 1 N–H and O–H groups in total. The van der Waals surface area contributed by atoms with Crippen LogP contribution in [0.2, 0.25) is 0 Å². The van der Waals surface area contributed by atoms with Crippen molar-refractivity contribution in [2.45, 2.75) is 44.6 Å². The van der Waals surface area contributed by atoms with E-state index in [-0.39, 0.29) is 0 Å². The lowest BCUT2D eigenvalue weighted by molar-refractivity contribution is 0.581. The molecular weight excluding hydrogens is 346 g/mol. The SMILES string of the molecule is CCCn1cc(CCNS(=O)(=O)c2ccc(CC)cc2)c2cccnc21. The molecule has 0 aliphatic heterocycles. The first-order valence-corrected chi connectivity index (χ1v) is 10.5. The highest BCUT2D eigenvalue weighted by atomic mass is 32.2. The quantitative estimate of drug-likeness (QED) is 0.659. The summed E-state index contributed by atoms with van der Waals surface area (Å²) in [5.41, 5.74) is 3.20. The van der Waals surface area contributed by atoms with Crippen LogP contribution in [0, 0.1) is 0 Å². The highest BCUT2D eigenvalue weighted by Crippen LogP contribution is 2.20. The van der Waals surface area contributed by atoms with Crippen LogP contribution >= 0.6 is 0 Å². The summed E-state index contributed by atoms with van der Waals surface area (Å²) in [6.45, 7) is 5.44. The van der Waals surface area contributed by atoms with E-state index in [0.717, 1.165) is 41.5 Å². The van der Waals surface area contributed by atoms with Crippen molar-refractivity contribution in [1.29, 1.82) is 0 Å². The fourth-order valence-corrected chi connectivity index (χ4v) is 4.15. The molecule has 0 aliphatic rings. The van der Waals surface area contributed by atoms with Gasteiger partial charge in [-0.3, -0.25) is 0 Å². The van der Waals surface area contributed by atoms with E-state index in [0.29, 0.717) is 17.9 Å². The lowest BCUT2D eigenvalue weighted by Gasteiger charge is -2.07. The van der Waals surface area contributed by atoms with Crippen molar-refractivity contribution in [3.63, 3.8) is 0 Å². The average Bonchev–Trinajstić information content (AvgIpc) is 3.00. The Bertz CT molecular complexity index is 976. The summed E-state index contributed by atoms with van der Waals surface area (Å²) in [6.07, 6.45) is 6.43. The van der Waals surface area contributed by atoms with Gasteiger partial charge < -0.3 is 4.57 Å². The molecule has 6 heteroatoms. The number of benzene rings is 1. The maximum atomic E-state index is 12.5. The molecule has 3 aromatic rings. The number of aromatic nitrogens is 2. The Balaban J connectivity index is 1.72. The number of nitrogens with zero attached hydrogens (tertiary/aromatic N) is 2. The zero-order chi connectivity index (χ0) is 18.6. The molecule has 138 valence electrons. The number of nitrogens with one attached hydrogen (secondary N) is 1. The first-order valence-electron chi connectivity index (χ1n) is 9.06. The molecule has 3 rings (SSSR count). The van der Waals surface area contributed by atoms with Crippen molar-refractivity contribution in [2.24, 2.45) is 0 Å². The first-order chi connectivity index (χ1) is 12.5. The fraction of sp³-hybridized carbons (Fsp3) is 0.350. The van der Waals surface area contributed by atoms with Crippen molar-refractivity contribution >= 4 is 21.1 Å². The molecule has 26 heavy (non-hydrogen) atoms. The summed E-state index contributed by atoms with van der Waals surface area (Å²) < 4.78 is 29.8. The Morgan fingerprint density at radius 2 is 1.88 bits per heavy atom. The van der Waals surface area contributed by atoms with Gasteiger partial charge in [-0.15, -0.1) is 0 Å². The van der Waals surface area contributed by atoms with E-state index < -0.39 is 10.0 Å². The molecule has 0 saturated carbocycles. The minimum Gasteiger partial charge on any atom is -0.332 e. The van der Waals surface area contributed by atoms with Gasteiger partial charge in [0, 0.05) is 30.9 Å². The monoisotopic (exact) mass is 371 g/mol. The minimum absolute atomic E-state index is 0.310. The Kier molecular flexibility index (Phi) is 5.74. The normalized spacial score (nSPS) is 11.9. The van der Waals surface area contributed by atoms with Crippen molar-refractivity contribution in [3.05, 3.63) is 59.9 Å². The molecule has 5 nitrogen and oxygen atoms in total. The van der Waals surface area contributed by atoms with E-state index in [9.17, 15) is 8.42 Å². The second kappa shape index (κ2) is 8.01. The Hall–Kier alpha value is -2.18. The number of sulfonamides is 1. The predicted octanol–water partition coefficient (Wildman–Crippen LogP) is 3.53. The van der Waals surface area contributed by atoms with Crippen LogP contribution in [0.25, 0.3) is 11.0 Å². The number of aryl methyl sites for hydroxylation is 2. The molecule has 1 aromatic carbocycles. The molecule has 0 radical (unpaired) electrons. The van der Waals surface area contributed by atoms with Gasteiger partial charge in [0.25, 0.3) is 0 Å². The minimum atomic E-state index is -3.48. The van der Waals surface area contributed by atoms with Crippen molar-refractivity contribution in [1.82, 2.24) is 14.3 Å². The highest BCUT2D eigenvalue weighted by Gasteiger charge is 2.14. The van der Waals surface area contributed by atoms with Crippen LogP contribution in [0.1, 0.15) is 31.4 Å². The van der Waals surface area contributed by atoms with Gasteiger partial charge in [0.2, 0.25) is 10.0 Å². The molecule has 0 unspecified atom stereocenters.